The minimum absolute atomic E-state index is 0. The van der Waals surface area contributed by atoms with Gasteiger partial charge in [-0.15, -0.1) is 0 Å². The van der Waals surface area contributed by atoms with Crippen molar-refractivity contribution < 1.29 is 13.0 Å². The first-order valence-electron chi connectivity index (χ1n) is 3.51. The van der Waals surface area contributed by atoms with Gasteiger partial charge in [-0.25, -0.2) is 0 Å². The molecule has 1 N–H and O–H groups in total. The van der Waals surface area contributed by atoms with Gasteiger partial charge < -0.3 is 0 Å². The first-order chi connectivity index (χ1) is 4.56. The van der Waals surface area contributed by atoms with E-state index in [9.17, 15) is 8.42 Å². The van der Waals surface area contributed by atoms with Crippen molar-refractivity contribution in [1.29, 1.82) is 0 Å². The van der Waals surface area contributed by atoms with Gasteiger partial charge in [-0.2, -0.15) is 8.42 Å². The maximum atomic E-state index is 10.1. The summed E-state index contributed by atoms with van der Waals surface area (Å²) in [5.74, 6) is -0.0903. The Kier molecular flexibility index (Phi) is 11.5. The molecule has 0 aliphatic rings. The summed E-state index contributed by atoms with van der Waals surface area (Å²) in [5.41, 5.74) is 0. The van der Waals surface area contributed by atoms with Crippen LogP contribution in [0.4, 0.5) is 0 Å². The molecule has 0 saturated carbocycles. The van der Waals surface area contributed by atoms with Gasteiger partial charge in [-0.05, 0) is 6.42 Å². The summed E-state index contributed by atoms with van der Waals surface area (Å²) in [6.07, 6.45) is 3.57. The van der Waals surface area contributed by atoms with Crippen molar-refractivity contribution >= 4 is 68.3 Å². The normalized spacial score (nSPS) is 10.7. The molecule has 0 unspecified atom stereocenters. The molecule has 0 aromatic carbocycles. The average Bonchev–Trinajstić information content (AvgIpc) is 1.78. The van der Waals surface area contributed by atoms with Crippen molar-refractivity contribution in [2.75, 3.05) is 5.75 Å². The van der Waals surface area contributed by atoms with Crippen LogP contribution < -0.4 is 0 Å². The monoisotopic (exact) mass is 252 g/mol. The topological polar surface area (TPSA) is 54.4 Å². The molecule has 5 heteroatoms. The van der Waals surface area contributed by atoms with Crippen molar-refractivity contribution in [2.45, 2.75) is 32.6 Å². The van der Waals surface area contributed by atoms with Crippen LogP contribution in [0.3, 0.4) is 0 Å². The predicted octanol–water partition coefficient (Wildman–Crippen LogP) is 0.806. The van der Waals surface area contributed by atoms with E-state index in [0.717, 1.165) is 19.3 Å². The van der Waals surface area contributed by atoms with E-state index in [4.69, 9.17) is 4.55 Å². The molecule has 0 aliphatic carbocycles. The van der Waals surface area contributed by atoms with Gasteiger partial charge >= 0.3 is 58.2 Å². The van der Waals surface area contributed by atoms with E-state index >= 15 is 0 Å². The van der Waals surface area contributed by atoms with Crippen LogP contribution in [0.15, 0.2) is 0 Å². The van der Waals surface area contributed by atoms with Gasteiger partial charge in [-0.1, -0.05) is 26.2 Å². The molecule has 64 valence electrons. The van der Waals surface area contributed by atoms with Gasteiger partial charge in [0.1, 0.15) is 0 Å². The fourth-order valence-corrected chi connectivity index (χ4v) is 1.28. The number of rotatable bonds is 5. The Morgan fingerprint density at radius 2 is 1.73 bits per heavy atom. The fourth-order valence-electron chi connectivity index (χ4n) is 0.711. The van der Waals surface area contributed by atoms with Crippen LogP contribution in [0.1, 0.15) is 32.6 Å². The van der Waals surface area contributed by atoms with E-state index in [1.807, 2.05) is 6.92 Å². The zero-order valence-electron chi connectivity index (χ0n) is 6.21. The van der Waals surface area contributed by atoms with Gasteiger partial charge in [0.2, 0.25) is 0 Å². The Bertz CT molecular complexity index is 165. The number of hydrogen-bond donors (Lipinski definition) is 1. The van der Waals surface area contributed by atoms with Crippen LogP contribution in [0.5, 0.6) is 0 Å². The molecule has 0 aliphatic heterocycles. The molecule has 0 spiro atoms. The van der Waals surface area contributed by atoms with Crippen molar-refractivity contribution in [2.24, 2.45) is 0 Å². The van der Waals surface area contributed by atoms with Crippen LogP contribution in [-0.4, -0.2) is 76.9 Å². The van der Waals surface area contributed by atoms with Gasteiger partial charge in [0.25, 0.3) is 10.1 Å². The molecule has 0 radical (unpaired) electrons. The Hall–Kier alpha value is 1.72. The van der Waals surface area contributed by atoms with E-state index in [1.165, 1.54) is 0 Å². The van der Waals surface area contributed by atoms with Crippen LogP contribution in [-0.2, 0) is 10.1 Å². The van der Waals surface area contributed by atoms with E-state index in [1.54, 1.807) is 0 Å². The standard InChI is InChI=1S/C6H14O3S.Rb.H/c1-2-3-4-5-6-10(7,8)9;;/h2-6H2,1H3,(H,7,8,9);;. The first kappa shape index (κ1) is 15.2. The summed E-state index contributed by atoms with van der Waals surface area (Å²) in [6.45, 7) is 2.05. The van der Waals surface area contributed by atoms with Gasteiger partial charge in [0.15, 0.2) is 0 Å². The molecule has 0 rings (SSSR count). The zero-order valence-corrected chi connectivity index (χ0v) is 7.02. The van der Waals surface area contributed by atoms with E-state index in [-0.39, 0.29) is 63.9 Å². The third-order valence-corrected chi connectivity index (χ3v) is 2.06. The van der Waals surface area contributed by atoms with Gasteiger partial charge in [0.05, 0.1) is 5.75 Å². The van der Waals surface area contributed by atoms with Crippen molar-refractivity contribution in [3.05, 3.63) is 0 Å². The molecule has 3 nitrogen and oxygen atoms in total. The molecule has 11 heavy (non-hydrogen) atoms. The van der Waals surface area contributed by atoms with Crippen LogP contribution >= 0.6 is 0 Å². The average molecular weight is 253 g/mol. The number of hydrogen-bond acceptors (Lipinski definition) is 2. The summed E-state index contributed by atoms with van der Waals surface area (Å²) in [6, 6.07) is 0. The molecule has 0 fully saturated rings. The molecular formula is C6H15O3RbS. The molecule has 0 atom stereocenters. The third kappa shape index (κ3) is 14.6. The fraction of sp³-hybridized carbons (Fsp3) is 1.00. The molecule has 0 aromatic rings. The second kappa shape index (κ2) is 8.32. The number of unbranched alkanes of at least 4 members (excludes halogenated alkanes) is 3. The minimum atomic E-state index is -3.70. The Balaban J connectivity index is 0. The van der Waals surface area contributed by atoms with Crippen molar-refractivity contribution in [3.63, 3.8) is 0 Å². The van der Waals surface area contributed by atoms with Crippen LogP contribution in [0.25, 0.3) is 0 Å². The second-order valence-electron chi connectivity index (χ2n) is 2.35. The van der Waals surface area contributed by atoms with Crippen LogP contribution in [0.2, 0.25) is 0 Å². The Labute approximate surface area is 117 Å². The second-order valence-corrected chi connectivity index (χ2v) is 3.92. The molecule has 0 aromatic heterocycles. The quantitative estimate of drug-likeness (QED) is 0.582. The van der Waals surface area contributed by atoms with Gasteiger partial charge in [0, 0.05) is 0 Å². The summed E-state index contributed by atoms with van der Waals surface area (Å²) in [7, 11) is -3.70. The Morgan fingerprint density at radius 3 is 2.09 bits per heavy atom. The van der Waals surface area contributed by atoms with Crippen molar-refractivity contribution in [1.82, 2.24) is 0 Å². The zero-order chi connectivity index (χ0) is 8.04. The van der Waals surface area contributed by atoms with Gasteiger partial charge in [-0.3, -0.25) is 4.55 Å². The molecule has 0 saturated heterocycles. The summed E-state index contributed by atoms with van der Waals surface area (Å²) in [5, 5.41) is 0. The van der Waals surface area contributed by atoms with E-state index in [2.05, 4.69) is 0 Å². The summed E-state index contributed by atoms with van der Waals surface area (Å²) in [4.78, 5) is 0. The molecular weight excluding hydrogens is 238 g/mol. The molecule has 0 heterocycles. The van der Waals surface area contributed by atoms with Crippen molar-refractivity contribution in [3.8, 4) is 0 Å². The maximum absolute atomic E-state index is 10.1. The molecule has 0 bridgehead atoms. The summed E-state index contributed by atoms with van der Waals surface area (Å²) >= 11 is 0. The Morgan fingerprint density at radius 1 is 1.18 bits per heavy atom. The SMILES string of the molecule is CCCCCCS(=O)(=O)O.[RbH]. The summed E-state index contributed by atoms with van der Waals surface area (Å²) < 4.78 is 28.6. The first-order valence-corrected chi connectivity index (χ1v) is 5.12. The van der Waals surface area contributed by atoms with Crippen LogP contribution in [0, 0.1) is 0 Å². The third-order valence-electron chi connectivity index (χ3n) is 1.26. The van der Waals surface area contributed by atoms with E-state index in [0.29, 0.717) is 6.42 Å². The molecule has 0 amide bonds. The van der Waals surface area contributed by atoms with E-state index < -0.39 is 10.1 Å². The predicted molar refractivity (Wildman–Crippen MR) is 47.7 cm³/mol.